The Balaban J connectivity index is 1.58. The van der Waals surface area contributed by atoms with E-state index in [2.05, 4.69) is 40.2 Å². The average molecular weight is 285 g/mol. The fraction of sp³-hybridized carbons (Fsp3) is 0.471. The highest BCUT2D eigenvalue weighted by atomic mass is 16.5. The van der Waals surface area contributed by atoms with E-state index in [4.69, 9.17) is 10.5 Å². The molecule has 0 aliphatic carbocycles. The lowest BCUT2D eigenvalue weighted by Gasteiger charge is -2.33. The van der Waals surface area contributed by atoms with Gasteiger partial charge in [-0.25, -0.2) is 0 Å². The van der Waals surface area contributed by atoms with E-state index in [0.717, 1.165) is 37.4 Å². The molecule has 2 N–H and O–H groups in total. The number of nitrogens with two attached hydrogens (primary N) is 1. The van der Waals surface area contributed by atoms with Gasteiger partial charge >= 0.3 is 0 Å². The van der Waals surface area contributed by atoms with Crippen LogP contribution in [0.3, 0.4) is 0 Å². The highest BCUT2D eigenvalue weighted by molar-refractivity contribution is 5.99. The molecule has 2 aliphatic heterocycles. The summed E-state index contributed by atoms with van der Waals surface area (Å²) in [5, 5.41) is 0. The number of piperidine rings is 1. The van der Waals surface area contributed by atoms with Gasteiger partial charge in [0.15, 0.2) is 0 Å². The molecule has 112 valence electrons. The minimum atomic E-state index is 0.574. The Hall–Kier alpha value is -1.97. The number of anilines is 1. The van der Waals surface area contributed by atoms with Crippen molar-refractivity contribution in [3.05, 3.63) is 36.0 Å². The van der Waals surface area contributed by atoms with Crippen LogP contribution in [0.4, 0.5) is 5.69 Å². The van der Waals surface area contributed by atoms with Gasteiger partial charge in [-0.1, -0.05) is 0 Å². The molecule has 0 saturated carbocycles. The van der Waals surface area contributed by atoms with E-state index in [-0.39, 0.29) is 0 Å². The van der Waals surface area contributed by atoms with E-state index in [1.165, 1.54) is 11.4 Å². The summed E-state index contributed by atoms with van der Waals surface area (Å²) in [6.07, 6.45) is 4.36. The number of ether oxygens (including phenoxy) is 1. The molecular weight excluding hydrogens is 262 g/mol. The summed E-state index contributed by atoms with van der Waals surface area (Å²) < 4.78 is 5.49. The quantitative estimate of drug-likeness (QED) is 0.925. The Morgan fingerprint density at radius 1 is 1.24 bits per heavy atom. The molecule has 0 aromatic heterocycles. The molecule has 4 nitrogen and oxygen atoms in total. The molecule has 1 fully saturated rings. The van der Waals surface area contributed by atoms with Gasteiger partial charge in [-0.05, 0) is 50.1 Å². The highest BCUT2D eigenvalue weighted by Gasteiger charge is 2.24. The molecule has 0 unspecified atom stereocenters. The zero-order chi connectivity index (χ0) is 14.7. The summed E-state index contributed by atoms with van der Waals surface area (Å²) in [6.45, 7) is 5.56. The molecule has 2 aliphatic rings. The van der Waals surface area contributed by atoms with Crippen LogP contribution in [0.5, 0.6) is 5.75 Å². The van der Waals surface area contributed by atoms with Crippen molar-refractivity contribution in [2.24, 2.45) is 16.6 Å². The lowest BCUT2D eigenvalue weighted by molar-refractivity contribution is 0.340. The summed E-state index contributed by atoms with van der Waals surface area (Å²) in [4.78, 5) is 6.97. The Labute approximate surface area is 126 Å². The van der Waals surface area contributed by atoms with Crippen LogP contribution in [0.25, 0.3) is 0 Å². The fourth-order valence-corrected chi connectivity index (χ4v) is 3.06. The Morgan fingerprint density at radius 3 is 2.52 bits per heavy atom. The smallest absolute Gasteiger partial charge is 0.119 e. The molecule has 1 saturated heterocycles. The van der Waals surface area contributed by atoms with E-state index in [1.54, 1.807) is 0 Å². The summed E-state index contributed by atoms with van der Waals surface area (Å²) >= 11 is 0. The van der Waals surface area contributed by atoms with Gasteiger partial charge in [-0.15, -0.1) is 0 Å². The molecule has 0 radical (unpaired) electrons. The molecule has 21 heavy (non-hydrogen) atoms. The van der Waals surface area contributed by atoms with Crippen molar-refractivity contribution < 1.29 is 4.74 Å². The van der Waals surface area contributed by atoms with Crippen molar-refractivity contribution in [3.63, 3.8) is 0 Å². The van der Waals surface area contributed by atoms with Gasteiger partial charge in [0.25, 0.3) is 0 Å². The van der Waals surface area contributed by atoms with E-state index >= 15 is 0 Å². The van der Waals surface area contributed by atoms with Crippen LogP contribution in [0.1, 0.15) is 19.8 Å². The molecule has 1 aromatic carbocycles. The number of benzene rings is 1. The number of rotatable bonds is 4. The fourth-order valence-electron chi connectivity index (χ4n) is 3.06. The first-order valence-electron chi connectivity index (χ1n) is 7.74. The number of allylic oxidation sites excluding steroid dienone is 1. The molecule has 0 atom stereocenters. The van der Waals surface area contributed by atoms with E-state index in [0.29, 0.717) is 19.1 Å². The lowest BCUT2D eigenvalue weighted by atomic mass is 9.91. The van der Waals surface area contributed by atoms with Crippen molar-refractivity contribution in [2.45, 2.75) is 19.8 Å². The summed E-state index contributed by atoms with van der Waals surface area (Å²) in [7, 11) is 0. The summed E-state index contributed by atoms with van der Waals surface area (Å²) in [6, 6.07) is 8.40. The van der Waals surface area contributed by atoms with Gasteiger partial charge in [0.2, 0.25) is 0 Å². The molecule has 3 rings (SSSR count). The third kappa shape index (κ3) is 3.20. The van der Waals surface area contributed by atoms with Gasteiger partial charge in [0.05, 0.1) is 13.2 Å². The lowest BCUT2D eigenvalue weighted by Crippen LogP contribution is -2.35. The number of hydrogen-bond donors (Lipinski definition) is 1. The van der Waals surface area contributed by atoms with Gasteiger partial charge in [0.1, 0.15) is 5.75 Å². The van der Waals surface area contributed by atoms with Crippen LogP contribution in [-0.4, -0.2) is 32.0 Å². The standard InChI is InChI=1S/C17H23N3O/c1-2-21-16-5-3-15(4-6-16)20-9-7-13(8-10-20)17-11-14(18)12-19-17/h3-6,11,13H,2,7-10,12,18H2,1H3. The average Bonchev–Trinajstić information content (AvgIpc) is 2.95. The molecule has 1 aromatic rings. The third-order valence-electron chi connectivity index (χ3n) is 4.20. The van der Waals surface area contributed by atoms with Crippen molar-refractivity contribution in [1.29, 1.82) is 0 Å². The van der Waals surface area contributed by atoms with E-state index in [9.17, 15) is 0 Å². The van der Waals surface area contributed by atoms with Crippen molar-refractivity contribution in [3.8, 4) is 5.75 Å². The minimum absolute atomic E-state index is 0.574. The first-order valence-corrected chi connectivity index (χ1v) is 7.74. The predicted molar refractivity (Wildman–Crippen MR) is 87.1 cm³/mol. The molecule has 0 amide bonds. The van der Waals surface area contributed by atoms with Crippen LogP contribution < -0.4 is 15.4 Å². The summed E-state index contributed by atoms with van der Waals surface area (Å²) in [5.74, 6) is 1.52. The molecule has 0 bridgehead atoms. The number of nitrogens with zero attached hydrogens (tertiary/aromatic N) is 2. The molecule has 4 heteroatoms. The van der Waals surface area contributed by atoms with Crippen LogP contribution >= 0.6 is 0 Å². The molecule has 2 heterocycles. The maximum Gasteiger partial charge on any atom is 0.119 e. The largest absolute Gasteiger partial charge is 0.494 e. The first-order chi connectivity index (χ1) is 10.3. The zero-order valence-electron chi connectivity index (χ0n) is 12.6. The molecular formula is C17H23N3O. The Morgan fingerprint density at radius 2 is 1.95 bits per heavy atom. The maximum atomic E-state index is 5.81. The van der Waals surface area contributed by atoms with Crippen LogP contribution in [0.2, 0.25) is 0 Å². The van der Waals surface area contributed by atoms with E-state index in [1.807, 2.05) is 6.92 Å². The topological polar surface area (TPSA) is 50.8 Å². The summed E-state index contributed by atoms with van der Waals surface area (Å²) in [5.41, 5.74) is 9.20. The van der Waals surface area contributed by atoms with Crippen molar-refractivity contribution >= 4 is 11.4 Å². The van der Waals surface area contributed by atoms with E-state index < -0.39 is 0 Å². The molecule has 0 spiro atoms. The van der Waals surface area contributed by atoms with Gasteiger partial charge in [0, 0.05) is 36.1 Å². The van der Waals surface area contributed by atoms with Crippen molar-refractivity contribution in [1.82, 2.24) is 0 Å². The highest BCUT2D eigenvalue weighted by Crippen LogP contribution is 2.27. The predicted octanol–water partition coefficient (Wildman–Crippen LogP) is 2.60. The Kier molecular flexibility index (Phi) is 4.13. The van der Waals surface area contributed by atoms with Crippen molar-refractivity contribution in [2.75, 3.05) is 31.1 Å². The normalized spacial score (nSPS) is 19.4. The van der Waals surface area contributed by atoms with Gasteiger partial charge < -0.3 is 15.4 Å². The second-order valence-corrected chi connectivity index (χ2v) is 5.65. The number of hydrogen-bond acceptors (Lipinski definition) is 4. The Bertz CT molecular complexity index is 540. The maximum absolute atomic E-state index is 5.81. The van der Waals surface area contributed by atoms with Crippen LogP contribution in [0.15, 0.2) is 41.0 Å². The second kappa shape index (κ2) is 6.20. The van der Waals surface area contributed by atoms with Gasteiger partial charge in [-0.2, -0.15) is 0 Å². The monoisotopic (exact) mass is 285 g/mol. The second-order valence-electron chi connectivity index (χ2n) is 5.65. The SMILES string of the molecule is CCOc1ccc(N2CCC(C3=NCC(N)=C3)CC2)cc1. The number of aliphatic imine (C=N–C) groups is 1. The zero-order valence-corrected chi connectivity index (χ0v) is 12.6. The van der Waals surface area contributed by atoms with Gasteiger partial charge in [-0.3, -0.25) is 4.99 Å². The minimum Gasteiger partial charge on any atom is -0.494 e. The van der Waals surface area contributed by atoms with Crippen LogP contribution in [0, 0.1) is 5.92 Å². The third-order valence-corrected chi connectivity index (χ3v) is 4.20. The first kappa shape index (κ1) is 14.0. The van der Waals surface area contributed by atoms with Crippen LogP contribution in [-0.2, 0) is 0 Å².